The first-order valence-electron chi connectivity index (χ1n) is 8.73. The lowest BCUT2D eigenvalue weighted by atomic mass is 10.1. The van der Waals surface area contributed by atoms with E-state index >= 15 is 0 Å². The van der Waals surface area contributed by atoms with Crippen LogP contribution in [0.1, 0.15) is 32.7 Å². The molecule has 26 heavy (non-hydrogen) atoms. The molecule has 0 saturated carbocycles. The number of rotatable bonds is 5. The minimum Gasteiger partial charge on any atom is -0.379 e. The van der Waals surface area contributed by atoms with Gasteiger partial charge in [0.15, 0.2) is 5.69 Å². The Hall–Kier alpha value is -1.45. The van der Waals surface area contributed by atoms with E-state index in [1.165, 1.54) is 4.88 Å². The molecular weight excluding hydrogens is 374 g/mol. The first-order valence-corrected chi connectivity index (χ1v) is 9.61. The third-order valence-electron chi connectivity index (χ3n) is 4.84. The molecule has 2 aliphatic heterocycles. The van der Waals surface area contributed by atoms with Crippen molar-refractivity contribution in [3.05, 3.63) is 39.3 Å². The number of nitrogens with zero attached hydrogens (tertiary/aromatic N) is 2. The predicted octanol–water partition coefficient (Wildman–Crippen LogP) is 1.34. The van der Waals surface area contributed by atoms with Gasteiger partial charge in [0.05, 0.1) is 19.3 Å². The van der Waals surface area contributed by atoms with E-state index in [-0.39, 0.29) is 24.4 Å². The molecule has 4 heterocycles. The van der Waals surface area contributed by atoms with Crippen LogP contribution in [0.15, 0.2) is 17.5 Å². The van der Waals surface area contributed by atoms with E-state index in [1.807, 2.05) is 0 Å². The summed E-state index contributed by atoms with van der Waals surface area (Å²) in [5.74, 6) is -0.101. The molecule has 0 spiro atoms. The van der Waals surface area contributed by atoms with E-state index in [2.05, 4.69) is 43.2 Å². The van der Waals surface area contributed by atoms with E-state index in [0.29, 0.717) is 18.8 Å². The number of ether oxygens (including phenoxy) is 1. The molecule has 2 aromatic rings. The van der Waals surface area contributed by atoms with Crippen LogP contribution >= 0.6 is 23.7 Å². The first-order chi connectivity index (χ1) is 12.3. The summed E-state index contributed by atoms with van der Waals surface area (Å²) in [5, 5.41) is 15.7. The van der Waals surface area contributed by atoms with Crippen LogP contribution in [0.5, 0.6) is 0 Å². The molecule has 1 amide bonds. The molecule has 1 unspecified atom stereocenters. The smallest absolute Gasteiger partial charge is 0.272 e. The molecule has 0 aromatic carbocycles. The highest BCUT2D eigenvalue weighted by Gasteiger charge is 2.26. The monoisotopic (exact) mass is 397 g/mol. The SMILES string of the molecule is Cl.O=C(NCC(c1cccs1)N1CCOCC1)c1n[nH]c2c1CNCC2. The zero-order valence-electron chi connectivity index (χ0n) is 14.5. The molecule has 0 bridgehead atoms. The fraction of sp³-hybridized carbons (Fsp3) is 0.529. The minimum absolute atomic E-state index is 0. The lowest BCUT2D eigenvalue weighted by Crippen LogP contribution is -2.43. The second-order valence-electron chi connectivity index (χ2n) is 6.35. The van der Waals surface area contributed by atoms with Crippen molar-refractivity contribution in [1.82, 2.24) is 25.7 Å². The second kappa shape index (κ2) is 8.96. The molecule has 2 aliphatic rings. The summed E-state index contributed by atoms with van der Waals surface area (Å²) >= 11 is 1.73. The average Bonchev–Trinajstić information content (AvgIpc) is 3.32. The van der Waals surface area contributed by atoms with Crippen LogP contribution in [0.4, 0.5) is 0 Å². The topological polar surface area (TPSA) is 82.3 Å². The Balaban J connectivity index is 0.00000196. The van der Waals surface area contributed by atoms with Gasteiger partial charge in [-0.1, -0.05) is 6.07 Å². The number of morpholine rings is 1. The molecule has 1 fully saturated rings. The van der Waals surface area contributed by atoms with Crippen molar-refractivity contribution < 1.29 is 9.53 Å². The van der Waals surface area contributed by atoms with Gasteiger partial charge in [-0.3, -0.25) is 14.8 Å². The minimum atomic E-state index is -0.101. The number of carbonyl (C=O) groups is 1. The Bertz CT molecular complexity index is 715. The van der Waals surface area contributed by atoms with E-state index in [1.54, 1.807) is 11.3 Å². The molecule has 0 radical (unpaired) electrons. The normalized spacial score (nSPS) is 18.6. The van der Waals surface area contributed by atoms with E-state index in [9.17, 15) is 4.79 Å². The van der Waals surface area contributed by atoms with Gasteiger partial charge < -0.3 is 15.4 Å². The summed E-state index contributed by atoms with van der Waals surface area (Å²) in [6, 6.07) is 4.38. The number of hydrogen-bond donors (Lipinski definition) is 3. The van der Waals surface area contributed by atoms with Crippen LogP contribution < -0.4 is 10.6 Å². The summed E-state index contributed by atoms with van der Waals surface area (Å²) in [6.45, 7) is 5.47. The number of thiophene rings is 1. The Morgan fingerprint density at radius 3 is 3.04 bits per heavy atom. The molecule has 4 rings (SSSR count). The van der Waals surface area contributed by atoms with Gasteiger partial charge in [-0.05, 0) is 11.4 Å². The quantitative estimate of drug-likeness (QED) is 0.709. The van der Waals surface area contributed by atoms with Crippen molar-refractivity contribution in [2.45, 2.75) is 19.0 Å². The maximum atomic E-state index is 12.7. The number of halogens is 1. The van der Waals surface area contributed by atoms with Crippen LogP contribution in [0.2, 0.25) is 0 Å². The Kier molecular flexibility index (Phi) is 6.66. The van der Waals surface area contributed by atoms with Gasteiger partial charge >= 0.3 is 0 Å². The second-order valence-corrected chi connectivity index (χ2v) is 7.32. The number of hydrogen-bond acceptors (Lipinski definition) is 6. The number of amides is 1. The number of fused-ring (bicyclic) bond motifs is 1. The first kappa shape index (κ1) is 19.3. The lowest BCUT2D eigenvalue weighted by molar-refractivity contribution is 0.0169. The van der Waals surface area contributed by atoms with Crippen molar-refractivity contribution in [2.75, 3.05) is 39.4 Å². The number of aromatic nitrogens is 2. The molecule has 0 aliphatic carbocycles. The largest absolute Gasteiger partial charge is 0.379 e. The van der Waals surface area contributed by atoms with Crippen LogP contribution in [0.25, 0.3) is 0 Å². The van der Waals surface area contributed by atoms with Crippen LogP contribution in [-0.4, -0.2) is 60.4 Å². The van der Waals surface area contributed by atoms with Gasteiger partial charge in [0.2, 0.25) is 0 Å². The maximum absolute atomic E-state index is 12.7. The molecular formula is C17H24ClN5O2S. The summed E-state index contributed by atoms with van der Waals surface area (Å²) in [6.07, 6.45) is 0.890. The van der Waals surface area contributed by atoms with Crippen molar-refractivity contribution in [1.29, 1.82) is 0 Å². The average molecular weight is 398 g/mol. The third-order valence-corrected chi connectivity index (χ3v) is 5.81. The van der Waals surface area contributed by atoms with Gasteiger partial charge in [-0.15, -0.1) is 23.7 Å². The van der Waals surface area contributed by atoms with E-state index in [4.69, 9.17) is 4.74 Å². The zero-order valence-corrected chi connectivity index (χ0v) is 16.1. The maximum Gasteiger partial charge on any atom is 0.272 e. The van der Waals surface area contributed by atoms with Gasteiger partial charge in [0.25, 0.3) is 5.91 Å². The van der Waals surface area contributed by atoms with Crippen LogP contribution in [0, 0.1) is 0 Å². The predicted molar refractivity (Wildman–Crippen MR) is 103 cm³/mol. The molecule has 1 saturated heterocycles. The molecule has 2 aromatic heterocycles. The highest BCUT2D eigenvalue weighted by Crippen LogP contribution is 2.25. The lowest BCUT2D eigenvalue weighted by Gasteiger charge is -2.34. The highest BCUT2D eigenvalue weighted by atomic mass is 35.5. The fourth-order valence-electron chi connectivity index (χ4n) is 3.47. The Morgan fingerprint density at radius 2 is 2.27 bits per heavy atom. The summed E-state index contributed by atoms with van der Waals surface area (Å²) in [7, 11) is 0. The Labute approximate surface area is 162 Å². The van der Waals surface area contributed by atoms with E-state index in [0.717, 1.165) is 50.5 Å². The highest BCUT2D eigenvalue weighted by molar-refractivity contribution is 7.10. The molecule has 7 nitrogen and oxygen atoms in total. The van der Waals surface area contributed by atoms with Crippen molar-refractivity contribution in [2.24, 2.45) is 0 Å². The van der Waals surface area contributed by atoms with Crippen LogP contribution in [0.3, 0.4) is 0 Å². The number of aromatic amines is 1. The van der Waals surface area contributed by atoms with Gasteiger partial charge in [-0.2, -0.15) is 5.10 Å². The molecule has 1 atom stereocenters. The molecule has 9 heteroatoms. The molecule has 3 N–H and O–H groups in total. The standard InChI is InChI=1S/C17H23N5O2S.ClH/c23-17(16-12-10-18-4-3-13(12)20-21-16)19-11-14(15-2-1-9-25-15)22-5-7-24-8-6-22;/h1-2,9,14,18H,3-8,10-11H2,(H,19,23)(H,20,21);1H. The van der Waals surface area contributed by atoms with Crippen molar-refractivity contribution >= 4 is 29.7 Å². The molecule has 142 valence electrons. The summed E-state index contributed by atoms with van der Waals surface area (Å²) in [4.78, 5) is 16.3. The van der Waals surface area contributed by atoms with Crippen molar-refractivity contribution in [3.63, 3.8) is 0 Å². The number of carbonyl (C=O) groups excluding carboxylic acids is 1. The summed E-state index contributed by atoms with van der Waals surface area (Å²) < 4.78 is 5.47. The number of H-pyrrole nitrogens is 1. The summed E-state index contributed by atoms with van der Waals surface area (Å²) in [5.41, 5.74) is 2.60. The number of nitrogens with one attached hydrogen (secondary N) is 3. The van der Waals surface area contributed by atoms with Gasteiger partial charge in [-0.25, -0.2) is 0 Å². The van der Waals surface area contributed by atoms with Crippen LogP contribution in [-0.2, 0) is 17.7 Å². The van der Waals surface area contributed by atoms with Gasteiger partial charge in [0.1, 0.15) is 0 Å². The van der Waals surface area contributed by atoms with E-state index < -0.39 is 0 Å². The zero-order chi connectivity index (χ0) is 17.1. The Morgan fingerprint density at radius 1 is 1.42 bits per heavy atom. The van der Waals surface area contributed by atoms with Gasteiger partial charge in [0, 0.05) is 55.3 Å². The fourth-order valence-corrected chi connectivity index (χ4v) is 4.33. The van der Waals surface area contributed by atoms with Crippen molar-refractivity contribution in [3.8, 4) is 0 Å². The third kappa shape index (κ3) is 4.10.